The number of aliphatic carboxylic acids is 1. The molecule has 3 N–H and O–H groups in total. The lowest BCUT2D eigenvalue weighted by Gasteiger charge is -2.23. The molecule has 0 saturated heterocycles. The molecule has 2 atom stereocenters. The molecular formula is C17H24N2O5. The summed E-state index contributed by atoms with van der Waals surface area (Å²) in [6.07, 6.45) is 0.114. The van der Waals surface area contributed by atoms with Crippen LogP contribution in [0.1, 0.15) is 26.3 Å². The molecule has 0 fully saturated rings. The number of hydrogen-bond acceptors (Lipinski definition) is 4. The Morgan fingerprint density at radius 3 is 2.38 bits per heavy atom. The van der Waals surface area contributed by atoms with Crippen LogP contribution in [0.4, 0.5) is 0 Å². The van der Waals surface area contributed by atoms with E-state index in [0.29, 0.717) is 5.75 Å². The van der Waals surface area contributed by atoms with Gasteiger partial charge in [-0.1, -0.05) is 26.0 Å². The number of ether oxygens (including phenoxy) is 1. The lowest BCUT2D eigenvalue weighted by Crippen LogP contribution is -2.53. The van der Waals surface area contributed by atoms with Crippen molar-refractivity contribution < 1.29 is 24.2 Å². The van der Waals surface area contributed by atoms with Crippen LogP contribution < -0.4 is 15.4 Å². The molecule has 1 aromatic rings. The summed E-state index contributed by atoms with van der Waals surface area (Å²) in [6.45, 7) is 4.86. The highest BCUT2D eigenvalue weighted by Gasteiger charge is 2.28. The van der Waals surface area contributed by atoms with Crippen LogP contribution in [-0.2, 0) is 20.8 Å². The number of methoxy groups -OCH3 is 1. The summed E-state index contributed by atoms with van der Waals surface area (Å²) in [7, 11) is 1.52. The lowest BCUT2D eigenvalue weighted by molar-refractivity contribution is -0.142. The van der Waals surface area contributed by atoms with Crippen molar-refractivity contribution in [1.82, 2.24) is 10.6 Å². The number of nitrogens with one attached hydrogen (secondary N) is 2. The Balaban J connectivity index is 2.86. The van der Waals surface area contributed by atoms with Crippen LogP contribution in [0.25, 0.3) is 0 Å². The van der Waals surface area contributed by atoms with Gasteiger partial charge in [0.05, 0.1) is 7.11 Å². The van der Waals surface area contributed by atoms with Crippen molar-refractivity contribution in [3.63, 3.8) is 0 Å². The van der Waals surface area contributed by atoms with Crippen LogP contribution in [-0.4, -0.2) is 42.1 Å². The van der Waals surface area contributed by atoms with Gasteiger partial charge < -0.3 is 20.5 Å². The van der Waals surface area contributed by atoms with E-state index in [1.807, 2.05) is 0 Å². The minimum atomic E-state index is -1.14. The number of carbonyl (C=O) groups is 3. The second-order valence-corrected chi connectivity index (χ2v) is 5.88. The van der Waals surface area contributed by atoms with E-state index in [9.17, 15) is 19.5 Å². The second kappa shape index (κ2) is 8.90. The largest absolute Gasteiger partial charge is 0.497 e. The highest BCUT2D eigenvalue weighted by Crippen LogP contribution is 2.14. The molecular weight excluding hydrogens is 312 g/mol. The first-order valence-corrected chi connectivity index (χ1v) is 7.67. The predicted molar refractivity (Wildman–Crippen MR) is 88.7 cm³/mol. The van der Waals surface area contributed by atoms with Gasteiger partial charge in [-0.15, -0.1) is 0 Å². The zero-order valence-corrected chi connectivity index (χ0v) is 14.3. The molecule has 1 rings (SSSR count). The predicted octanol–water partition coefficient (Wildman–Crippen LogP) is 0.968. The number of carboxylic acid groups (broad SMARTS) is 1. The van der Waals surface area contributed by atoms with Crippen molar-refractivity contribution in [1.29, 1.82) is 0 Å². The Kier molecular flexibility index (Phi) is 7.23. The lowest BCUT2D eigenvalue weighted by atomic mass is 10.0. The Bertz CT molecular complexity index is 600. The van der Waals surface area contributed by atoms with Crippen molar-refractivity contribution in [3.8, 4) is 5.75 Å². The fourth-order valence-corrected chi connectivity index (χ4v) is 2.25. The third kappa shape index (κ3) is 5.91. The Morgan fingerprint density at radius 1 is 1.21 bits per heavy atom. The van der Waals surface area contributed by atoms with Gasteiger partial charge in [-0.3, -0.25) is 9.59 Å². The highest BCUT2D eigenvalue weighted by molar-refractivity contribution is 5.90. The molecule has 0 aliphatic heterocycles. The third-order valence-electron chi connectivity index (χ3n) is 3.50. The molecule has 24 heavy (non-hydrogen) atoms. The summed E-state index contributed by atoms with van der Waals surface area (Å²) in [6, 6.07) is 5.11. The van der Waals surface area contributed by atoms with Crippen molar-refractivity contribution >= 4 is 17.8 Å². The summed E-state index contributed by atoms with van der Waals surface area (Å²) in [5.41, 5.74) is 0.725. The number of hydrogen-bond donors (Lipinski definition) is 3. The van der Waals surface area contributed by atoms with Gasteiger partial charge in [0.15, 0.2) is 0 Å². The number of benzene rings is 1. The molecule has 0 bridgehead atoms. The third-order valence-corrected chi connectivity index (χ3v) is 3.50. The average Bonchev–Trinajstić information content (AvgIpc) is 2.51. The molecule has 0 aromatic heterocycles. The first-order chi connectivity index (χ1) is 11.2. The van der Waals surface area contributed by atoms with E-state index < -0.39 is 24.0 Å². The maximum absolute atomic E-state index is 12.3. The smallest absolute Gasteiger partial charge is 0.326 e. The van der Waals surface area contributed by atoms with Crippen LogP contribution >= 0.6 is 0 Å². The van der Waals surface area contributed by atoms with Crippen LogP contribution in [0.5, 0.6) is 5.75 Å². The minimum absolute atomic E-state index is 0.114. The first-order valence-electron chi connectivity index (χ1n) is 7.67. The normalized spacial score (nSPS) is 13.0. The molecule has 0 aliphatic carbocycles. The summed E-state index contributed by atoms with van der Waals surface area (Å²) >= 11 is 0. The molecule has 0 heterocycles. The minimum Gasteiger partial charge on any atom is -0.497 e. The zero-order valence-electron chi connectivity index (χ0n) is 14.3. The number of rotatable bonds is 8. The summed E-state index contributed by atoms with van der Waals surface area (Å²) in [4.78, 5) is 35.0. The second-order valence-electron chi connectivity index (χ2n) is 5.88. The van der Waals surface area contributed by atoms with Crippen LogP contribution in [0, 0.1) is 5.92 Å². The Labute approximate surface area is 141 Å². The first kappa shape index (κ1) is 19.5. The molecule has 7 heteroatoms. The van der Waals surface area contributed by atoms with E-state index in [1.165, 1.54) is 14.0 Å². The van der Waals surface area contributed by atoms with Gasteiger partial charge >= 0.3 is 5.97 Å². The molecule has 0 radical (unpaired) electrons. The van der Waals surface area contributed by atoms with Crippen LogP contribution in [0.15, 0.2) is 24.3 Å². The quantitative estimate of drug-likeness (QED) is 0.656. The standard InChI is InChI=1S/C17H24N2O5/c1-10(2)15(18-11(3)20)16(21)19-14(17(22)23)9-12-6-5-7-13(8-12)24-4/h5-8,10,14-15H,9H2,1-4H3,(H,18,20)(H,19,21)(H,22,23)/t14-,15-/m1/s1. The van der Waals surface area contributed by atoms with E-state index in [4.69, 9.17) is 4.74 Å². The van der Waals surface area contributed by atoms with E-state index in [-0.39, 0.29) is 18.2 Å². The summed E-state index contributed by atoms with van der Waals surface area (Å²) < 4.78 is 5.11. The fourth-order valence-electron chi connectivity index (χ4n) is 2.25. The average molecular weight is 336 g/mol. The van der Waals surface area contributed by atoms with Crippen molar-refractivity contribution in [2.45, 2.75) is 39.3 Å². The van der Waals surface area contributed by atoms with Gasteiger partial charge in [0.2, 0.25) is 11.8 Å². The van der Waals surface area contributed by atoms with E-state index in [2.05, 4.69) is 10.6 Å². The Hall–Kier alpha value is -2.57. The van der Waals surface area contributed by atoms with Crippen molar-refractivity contribution in [3.05, 3.63) is 29.8 Å². The highest BCUT2D eigenvalue weighted by atomic mass is 16.5. The number of carbonyl (C=O) groups excluding carboxylic acids is 2. The van der Waals surface area contributed by atoms with E-state index >= 15 is 0 Å². The van der Waals surface area contributed by atoms with Gasteiger partial charge in [-0.2, -0.15) is 0 Å². The Morgan fingerprint density at radius 2 is 1.88 bits per heavy atom. The van der Waals surface area contributed by atoms with Gasteiger partial charge in [0.1, 0.15) is 17.8 Å². The molecule has 0 saturated carbocycles. The molecule has 1 aromatic carbocycles. The van der Waals surface area contributed by atoms with Gasteiger partial charge in [0, 0.05) is 13.3 Å². The van der Waals surface area contributed by atoms with Crippen molar-refractivity contribution in [2.24, 2.45) is 5.92 Å². The van der Waals surface area contributed by atoms with Gasteiger partial charge in [0.25, 0.3) is 0 Å². The number of carboxylic acids is 1. The molecule has 2 amide bonds. The van der Waals surface area contributed by atoms with Crippen molar-refractivity contribution in [2.75, 3.05) is 7.11 Å². The molecule has 7 nitrogen and oxygen atoms in total. The summed E-state index contributed by atoms with van der Waals surface area (Å²) in [5.74, 6) is -1.56. The molecule has 0 unspecified atom stereocenters. The number of amides is 2. The maximum atomic E-state index is 12.3. The molecule has 0 spiro atoms. The molecule has 0 aliphatic rings. The molecule has 132 valence electrons. The SMILES string of the molecule is COc1cccc(C[C@@H](NC(=O)[C@H](NC(C)=O)C(C)C)C(=O)O)c1. The maximum Gasteiger partial charge on any atom is 0.326 e. The van der Waals surface area contributed by atoms with E-state index in [1.54, 1.807) is 38.1 Å². The van der Waals surface area contributed by atoms with Crippen LogP contribution in [0.3, 0.4) is 0 Å². The monoisotopic (exact) mass is 336 g/mol. The van der Waals surface area contributed by atoms with Gasteiger partial charge in [-0.05, 0) is 23.6 Å². The van der Waals surface area contributed by atoms with Crippen LogP contribution in [0.2, 0.25) is 0 Å². The van der Waals surface area contributed by atoms with Gasteiger partial charge in [-0.25, -0.2) is 4.79 Å². The zero-order chi connectivity index (χ0) is 18.3. The fraction of sp³-hybridized carbons (Fsp3) is 0.471. The summed E-state index contributed by atoms with van der Waals surface area (Å²) in [5, 5.41) is 14.4. The van der Waals surface area contributed by atoms with E-state index in [0.717, 1.165) is 5.56 Å². The topological polar surface area (TPSA) is 105 Å².